The van der Waals surface area contributed by atoms with Gasteiger partial charge in [-0.3, -0.25) is 4.79 Å². The van der Waals surface area contributed by atoms with Crippen molar-refractivity contribution in [2.24, 2.45) is 0 Å². The van der Waals surface area contributed by atoms with Crippen LogP contribution in [-0.4, -0.2) is 21.0 Å². The summed E-state index contributed by atoms with van der Waals surface area (Å²) in [5, 5.41) is 6.32. The van der Waals surface area contributed by atoms with Crippen molar-refractivity contribution in [3.8, 4) is 17.1 Å². The van der Waals surface area contributed by atoms with Crippen molar-refractivity contribution in [3.05, 3.63) is 81.5 Å². The molecule has 0 aliphatic rings. The van der Waals surface area contributed by atoms with Crippen LogP contribution in [0.1, 0.15) is 18.3 Å². The number of halogens is 1. The van der Waals surface area contributed by atoms with Crippen molar-refractivity contribution in [1.82, 2.24) is 14.3 Å². The summed E-state index contributed by atoms with van der Waals surface area (Å²) in [6, 6.07) is 15.0. The van der Waals surface area contributed by atoms with Gasteiger partial charge in [0, 0.05) is 28.5 Å². The Balaban J connectivity index is 1.97. The number of hydrogen-bond acceptors (Lipinski definition) is 3. The maximum absolute atomic E-state index is 13.3. The highest BCUT2D eigenvalue weighted by Crippen LogP contribution is 2.28. The van der Waals surface area contributed by atoms with E-state index in [-0.39, 0.29) is 5.56 Å². The van der Waals surface area contributed by atoms with Crippen molar-refractivity contribution >= 4 is 22.4 Å². The van der Waals surface area contributed by atoms with E-state index in [1.165, 1.54) is 4.68 Å². The number of ether oxygens (including phenoxy) is 1. The van der Waals surface area contributed by atoms with Crippen LogP contribution in [0.5, 0.6) is 5.75 Å². The third-order valence-corrected chi connectivity index (χ3v) is 5.19. The summed E-state index contributed by atoms with van der Waals surface area (Å²) in [5.41, 5.74) is 3.14. The molecule has 4 rings (SSSR count). The molecule has 2 aromatic heterocycles. The van der Waals surface area contributed by atoms with E-state index in [1.807, 2.05) is 57.2 Å². The molecule has 0 aliphatic heterocycles. The first-order valence-electron chi connectivity index (χ1n) is 9.11. The molecule has 0 fully saturated rings. The average Bonchev–Trinajstić information content (AvgIpc) is 2.94. The third kappa shape index (κ3) is 2.88. The Bertz CT molecular complexity index is 1240. The molecule has 6 heteroatoms. The Hall–Kier alpha value is -3.05. The van der Waals surface area contributed by atoms with Gasteiger partial charge in [0.25, 0.3) is 5.56 Å². The molecule has 0 amide bonds. The van der Waals surface area contributed by atoms with Gasteiger partial charge in [-0.05, 0) is 45.0 Å². The molecule has 0 saturated carbocycles. The predicted octanol–water partition coefficient (Wildman–Crippen LogP) is 4.85. The summed E-state index contributed by atoms with van der Waals surface area (Å²) in [6.45, 7) is 6.49. The van der Waals surface area contributed by atoms with Crippen molar-refractivity contribution in [2.75, 3.05) is 6.61 Å². The number of nitrogens with zero attached hydrogens (tertiary/aromatic N) is 3. The highest BCUT2D eigenvalue weighted by molar-refractivity contribution is 6.32. The summed E-state index contributed by atoms with van der Waals surface area (Å²) >= 11 is 6.28. The molecule has 0 saturated heterocycles. The lowest BCUT2D eigenvalue weighted by Crippen LogP contribution is -2.21. The number of aromatic nitrogens is 3. The number of para-hydroxylation sites is 1. The van der Waals surface area contributed by atoms with Crippen LogP contribution in [-0.2, 0) is 0 Å². The SMILES string of the molecule is CCOc1cccc(-n2c(C)c3cnn(-c4ccccc4Cl)c(=O)c3c2C)c1. The second-order valence-electron chi connectivity index (χ2n) is 6.54. The lowest BCUT2D eigenvalue weighted by Gasteiger charge is -2.11. The van der Waals surface area contributed by atoms with Crippen molar-refractivity contribution in [3.63, 3.8) is 0 Å². The fourth-order valence-electron chi connectivity index (χ4n) is 3.62. The molecule has 0 bridgehead atoms. The number of fused-ring (bicyclic) bond motifs is 1. The van der Waals surface area contributed by atoms with E-state index < -0.39 is 0 Å². The van der Waals surface area contributed by atoms with Gasteiger partial charge in [-0.15, -0.1) is 0 Å². The molecule has 0 radical (unpaired) electrons. The molecule has 4 aromatic rings. The minimum atomic E-state index is -0.189. The van der Waals surface area contributed by atoms with Crippen LogP contribution >= 0.6 is 11.6 Å². The molecular weight excluding hydrogens is 374 g/mol. The molecule has 0 aliphatic carbocycles. The molecule has 142 valence electrons. The molecule has 0 spiro atoms. The van der Waals surface area contributed by atoms with E-state index >= 15 is 0 Å². The Labute approximate surface area is 167 Å². The highest BCUT2D eigenvalue weighted by Gasteiger charge is 2.18. The highest BCUT2D eigenvalue weighted by atomic mass is 35.5. The van der Waals surface area contributed by atoms with E-state index in [2.05, 4.69) is 9.67 Å². The van der Waals surface area contributed by atoms with Gasteiger partial charge in [0.2, 0.25) is 0 Å². The molecule has 2 aromatic carbocycles. The lowest BCUT2D eigenvalue weighted by molar-refractivity contribution is 0.340. The van der Waals surface area contributed by atoms with Crippen molar-refractivity contribution in [1.29, 1.82) is 0 Å². The third-order valence-electron chi connectivity index (χ3n) is 4.87. The summed E-state index contributed by atoms with van der Waals surface area (Å²) in [6.07, 6.45) is 1.73. The van der Waals surface area contributed by atoms with Gasteiger partial charge in [0.05, 0.1) is 28.9 Å². The molecule has 2 heterocycles. The predicted molar refractivity (Wildman–Crippen MR) is 112 cm³/mol. The van der Waals surface area contributed by atoms with E-state index in [0.717, 1.165) is 28.2 Å². The average molecular weight is 394 g/mol. The molecular formula is C22H20ClN3O2. The summed E-state index contributed by atoms with van der Waals surface area (Å²) in [4.78, 5) is 13.3. The zero-order valence-corrected chi connectivity index (χ0v) is 16.7. The smallest absolute Gasteiger partial charge is 0.281 e. The van der Waals surface area contributed by atoms with Gasteiger partial charge >= 0.3 is 0 Å². The fraction of sp³-hybridized carbons (Fsp3) is 0.182. The van der Waals surface area contributed by atoms with E-state index in [4.69, 9.17) is 16.3 Å². The first kappa shape index (κ1) is 18.3. The molecule has 0 unspecified atom stereocenters. The van der Waals surface area contributed by atoms with Crippen LogP contribution < -0.4 is 10.3 Å². The monoisotopic (exact) mass is 393 g/mol. The van der Waals surface area contributed by atoms with Crippen molar-refractivity contribution in [2.45, 2.75) is 20.8 Å². The van der Waals surface area contributed by atoms with Crippen LogP contribution in [0, 0.1) is 13.8 Å². The summed E-state index contributed by atoms with van der Waals surface area (Å²) in [5.74, 6) is 0.795. The Morgan fingerprint density at radius 1 is 1.07 bits per heavy atom. The Kier molecular flexibility index (Phi) is 4.69. The van der Waals surface area contributed by atoms with Crippen LogP contribution in [0.2, 0.25) is 5.02 Å². The fourth-order valence-corrected chi connectivity index (χ4v) is 3.84. The number of aryl methyl sites for hydroxylation is 2. The largest absolute Gasteiger partial charge is 0.494 e. The Morgan fingerprint density at radius 3 is 2.61 bits per heavy atom. The maximum atomic E-state index is 13.3. The minimum absolute atomic E-state index is 0.189. The standard InChI is InChI=1S/C22H20ClN3O2/c1-4-28-17-9-7-8-16(12-17)25-14(2)18-13-24-26(22(27)21(18)15(25)3)20-11-6-5-10-19(20)23/h5-13H,4H2,1-3H3. The van der Waals surface area contributed by atoms with E-state index in [1.54, 1.807) is 18.3 Å². The maximum Gasteiger partial charge on any atom is 0.281 e. The zero-order chi connectivity index (χ0) is 19.8. The van der Waals surface area contributed by atoms with Crippen LogP contribution in [0.15, 0.2) is 59.5 Å². The van der Waals surface area contributed by atoms with Crippen molar-refractivity contribution < 1.29 is 4.74 Å². The quantitative estimate of drug-likeness (QED) is 0.498. The van der Waals surface area contributed by atoms with Crippen LogP contribution in [0.4, 0.5) is 0 Å². The van der Waals surface area contributed by atoms with Gasteiger partial charge in [0.1, 0.15) is 5.75 Å². The molecule has 0 N–H and O–H groups in total. The first-order valence-corrected chi connectivity index (χ1v) is 9.48. The number of hydrogen-bond donors (Lipinski definition) is 0. The van der Waals surface area contributed by atoms with Crippen LogP contribution in [0.25, 0.3) is 22.1 Å². The topological polar surface area (TPSA) is 49.0 Å². The van der Waals surface area contributed by atoms with Gasteiger partial charge in [-0.1, -0.05) is 29.8 Å². The minimum Gasteiger partial charge on any atom is -0.494 e. The Morgan fingerprint density at radius 2 is 1.86 bits per heavy atom. The molecule has 5 nitrogen and oxygen atoms in total. The second-order valence-corrected chi connectivity index (χ2v) is 6.95. The molecule has 28 heavy (non-hydrogen) atoms. The van der Waals surface area contributed by atoms with E-state index in [0.29, 0.717) is 22.7 Å². The number of rotatable bonds is 4. The second kappa shape index (κ2) is 7.17. The molecule has 0 atom stereocenters. The first-order chi connectivity index (χ1) is 13.5. The van der Waals surface area contributed by atoms with Gasteiger partial charge in [-0.25, -0.2) is 0 Å². The van der Waals surface area contributed by atoms with Crippen LogP contribution in [0.3, 0.4) is 0 Å². The number of benzene rings is 2. The summed E-state index contributed by atoms with van der Waals surface area (Å²) < 4.78 is 9.05. The zero-order valence-electron chi connectivity index (χ0n) is 15.9. The normalized spacial score (nSPS) is 11.1. The summed E-state index contributed by atoms with van der Waals surface area (Å²) in [7, 11) is 0. The lowest BCUT2D eigenvalue weighted by atomic mass is 10.2. The van der Waals surface area contributed by atoms with Gasteiger partial charge in [0.15, 0.2) is 0 Å². The van der Waals surface area contributed by atoms with E-state index in [9.17, 15) is 4.79 Å². The van der Waals surface area contributed by atoms with Gasteiger partial charge < -0.3 is 9.30 Å². The van der Waals surface area contributed by atoms with Gasteiger partial charge in [-0.2, -0.15) is 9.78 Å².